The molecule has 0 aliphatic carbocycles. The van der Waals surface area contributed by atoms with Gasteiger partial charge in [0.25, 0.3) is 0 Å². The highest BCUT2D eigenvalue weighted by molar-refractivity contribution is 5.84. The number of hydrogen-bond acceptors (Lipinski definition) is 4. The number of aliphatic hydroxyl groups is 1. The van der Waals surface area contributed by atoms with E-state index in [4.69, 9.17) is 9.15 Å². The van der Waals surface area contributed by atoms with Crippen molar-refractivity contribution >= 4 is 16.8 Å². The number of carbonyl (C=O) groups is 1. The molecular formula is C23H25F3N2O4. The van der Waals surface area contributed by atoms with Gasteiger partial charge in [0.1, 0.15) is 17.3 Å². The number of nitrogens with one attached hydrogen (secondary N) is 1. The minimum Gasteiger partial charge on any atom is -0.497 e. The van der Waals surface area contributed by atoms with Crippen LogP contribution in [0.15, 0.2) is 52.9 Å². The van der Waals surface area contributed by atoms with Crippen molar-refractivity contribution in [1.29, 1.82) is 0 Å². The van der Waals surface area contributed by atoms with Crippen LogP contribution in [0.3, 0.4) is 0 Å². The summed E-state index contributed by atoms with van der Waals surface area (Å²) < 4.78 is 50.7. The number of urea groups is 1. The molecule has 0 unspecified atom stereocenters. The lowest BCUT2D eigenvalue weighted by atomic mass is 9.96. The van der Waals surface area contributed by atoms with Gasteiger partial charge in [-0.2, -0.15) is 13.2 Å². The highest BCUT2D eigenvalue weighted by atomic mass is 19.4. The van der Waals surface area contributed by atoms with Gasteiger partial charge in [0.05, 0.1) is 7.11 Å². The number of hydrogen-bond donors (Lipinski definition) is 2. The largest absolute Gasteiger partial charge is 0.497 e. The van der Waals surface area contributed by atoms with Gasteiger partial charge in [-0.3, -0.25) is 0 Å². The number of rotatable bonds is 7. The summed E-state index contributed by atoms with van der Waals surface area (Å²) in [5.74, 6) is 0.392. The first-order valence-electron chi connectivity index (χ1n) is 9.95. The number of ether oxygens (including phenoxy) is 1. The van der Waals surface area contributed by atoms with Crippen LogP contribution >= 0.6 is 0 Å². The first-order valence-corrected chi connectivity index (χ1v) is 9.95. The Morgan fingerprint density at radius 2 is 1.81 bits per heavy atom. The normalized spacial score (nSPS) is 13.6. The van der Waals surface area contributed by atoms with Crippen LogP contribution in [0.4, 0.5) is 18.0 Å². The predicted octanol–water partition coefficient (Wildman–Crippen LogP) is 4.73. The topological polar surface area (TPSA) is 74.9 Å². The fraction of sp³-hybridized carbons (Fsp3) is 0.348. The number of amides is 2. The first-order chi connectivity index (χ1) is 15.0. The summed E-state index contributed by atoms with van der Waals surface area (Å²) in [6, 6.07) is 13.2. The van der Waals surface area contributed by atoms with Gasteiger partial charge in [-0.1, -0.05) is 18.2 Å². The van der Waals surface area contributed by atoms with Crippen LogP contribution in [-0.2, 0) is 12.1 Å². The van der Waals surface area contributed by atoms with E-state index in [9.17, 15) is 23.1 Å². The van der Waals surface area contributed by atoms with E-state index in [0.29, 0.717) is 0 Å². The second-order valence-electron chi connectivity index (χ2n) is 7.65. The molecule has 172 valence electrons. The van der Waals surface area contributed by atoms with Gasteiger partial charge < -0.3 is 24.5 Å². The predicted molar refractivity (Wildman–Crippen MR) is 113 cm³/mol. The van der Waals surface area contributed by atoms with Crippen molar-refractivity contribution in [2.24, 2.45) is 0 Å². The van der Waals surface area contributed by atoms with Crippen LogP contribution in [-0.4, -0.2) is 42.9 Å². The third-order valence-corrected chi connectivity index (χ3v) is 5.26. The molecule has 0 radical (unpaired) electrons. The quantitative estimate of drug-likeness (QED) is 0.546. The number of fused-ring (bicyclic) bond motifs is 1. The monoisotopic (exact) mass is 450 g/mol. The lowest BCUT2D eigenvalue weighted by Crippen LogP contribution is -2.46. The minimum absolute atomic E-state index is 0.250. The van der Waals surface area contributed by atoms with Gasteiger partial charge in [-0.25, -0.2) is 4.79 Å². The van der Waals surface area contributed by atoms with E-state index in [1.54, 1.807) is 14.2 Å². The summed E-state index contributed by atoms with van der Waals surface area (Å²) in [5.41, 5.74) is -2.33. The summed E-state index contributed by atoms with van der Waals surface area (Å²) >= 11 is 0. The molecule has 0 fully saturated rings. The lowest BCUT2D eigenvalue weighted by molar-refractivity contribution is -0.274. The molecule has 2 aromatic carbocycles. The Hall–Kier alpha value is -3.20. The molecule has 32 heavy (non-hydrogen) atoms. The molecule has 3 rings (SSSR count). The van der Waals surface area contributed by atoms with Crippen molar-refractivity contribution in [3.05, 3.63) is 65.6 Å². The first kappa shape index (κ1) is 23.5. The van der Waals surface area contributed by atoms with Gasteiger partial charge >= 0.3 is 12.2 Å². The molecule has 0 bridgehead atoms. The van der Waals surface area contributed by atoms with Crippen molar-refractivity contribution in [2.75, 3.05) is 20.7 Å². The average Bonchev–Trinajstić information content (AvgIpc) is 3.19. The van der Waals surface area contributed by atoms with Crippen LogP contribution in [0.1, 0.15) is 23.5 Å². The Bertz CT molecular complexity index is 1100. The van der Waals surface area contributed by atoms with Crippen LogP contribution in [0.5, 0.6) is 5.75 Å². The summed E-state index contributed by atoms with van der Waals surface area (Å²) in [7, 11) is 3.13. The number of nitrogens with zero attached hydrogens (tertiary/aromatic N) is 1. The van der Waals surface area contributed by atoms with Gasteiger partial charge in [0.2, 0.25) is 5.60 Å². The molecule has 6 nitrogen and oxygen atoms in total. The fourth-order valence-corrected chi connectivity index (χ4v) is 3.39. The molecule has 0 aliphatic heterocycles. The van der Waals surface area contributed by atoms with E-state index in [1.807, 2.05) is 36.4 Å². The SMILES string of the molecule is COc1ccc2cc(CN(C)C(=O)NCC[C@@](O)(c3ccc(C)o3)C(F)(F)F)ccc2c1. The number of aryl methyl sites for hydroxylation is 1. The molecule has 1 aromatic heterocycles. The van der Waals surface area contributed by atoms with Crippen molar-refractivity contribution < 1.29 is 32.2 Å². The van der Waals surface area contributed by atoms with Crippen molar-refractivity contribution in [2.45, 2.75) is 31.7 Å². The molecule has 0 saturated heterocycles. The average molecular weight is 450 g/mol. The summed E-state index contributed by atoms with van der Waals surface area (Å²) in [6.45, 7) is 1.35. The van der Waals surface area contributed by atoms with Gasteiger partial charge in [0, 0.05) is 26.6 Å². The Balaban J connectivity index is 1.61. The molecule has 2 N–H and O–H groups in total. The molecule has 0 saturated carbocycles. The molecule has 3 aromatic rings. The van der Waals surface area contributed by atoms with Crippen molar-refractivity contribution in [1.82, 2.24) is 10.2 Å². The maximum atomic E-state index is 13.5. The number of furan rings is 1. The van der Waals surface area contributed by atoms with Crippen LogP contribution < -0.4 is 10.1 Å². The van der Waals surface area contributed by atoms with E-state index < -0.39 is 36.5 Å². The van der Waals surface area contributed by atoms with E-state index in [2.05, 4.69) is 5.32 Å². The second-order valence-corrected chi connectivity index (χ2v) is 7.65. The molecule has 1 heterocycles. The third-order valence-electron chi connectivity index (χ3n) is 5.26. The van der Waals surface area contributed by atoms with Crippen LogP contribution in [0.25, 0.3) is 10.8 Å². The Kier molecular flexibility index (Phi) is 6.68. The molecular weight excluding hydrogens is 425 g/mol. The number of benzene rings is 2. The molecule has 2 amide bonds. The number of halogens is 3. The second kappa shape index (κ2) is 9.12. The number of alkyl halides is 3. The fourth-order valence-electron chi connectivity index (χ4n) is 3.39. The van der Waals surface area contributed by atoms with E-state index >= 15 is 0 Å². The van der Waals surface area contributed by atoms with Crippen LogP contribution in [0, 0.1) is 6.92 Å². The van der Waals surface area contributed by atoms with Gasteiger partial charge in [-0.05, 0) is 53.6 Å². The molecule has 1 atom stereocenters. The summed E-state index contributed by atoms with van der Waals surface area (Å²) in [5, 5.41) is 14.7. The highest BCUT2D eigenvalue weighted by Gasteiger charge is 2.56. The summed E-state index contributed by atoms with van der Waals surface area (Å²) in [4.78, 5) is 13.7. The third kappa shape index (κ3) is 4.99. The zero-order chi connectivity index (χ0) is 23.5. The van der Waals surface area contributed by atoms with E-state index in [-0.39, 0.29) is 12.3 Å². The zero-order valence-electron chi connectivity index (χ0n) is 18.0. The summed E-state index contributed by atoms with van der Waals surface area (Å²) in [6.07, 6.45) is -5.73. The maximum absolute atomic E-state index is 13.5. The Morgan fingerprint density at radius 3 is 2.44 bits per heavy atom. The van der Waals surface area contributed by atoms with E-state index in [0.717, 1.165) is 28.2 Å². The molecule has 9 heteroatoms. The van der Waals surface area contributed by atoms with E-state index in [1.165, 1.54) is 17.9 Å². The molecule has 0 spiro atoms. The highest BCUT2D eigenvalue weighted by Crippen LogP contribution is 2.42. The Labute approximate surface area is 183 Å². The van der Waals surface area contributed by atoms with Gasteiger partial charge in [0.15, 0.2) is 0 Å². The van der Waals surface area contributed by atoms with Crippen LogP contribution in [0.2, 0.25) is 0 Å². The molecule has 0 aliphatic rings. The smallest absolute Gasteiger partial charge is 0.424 e. The van der Waals surface area contributed by atoms with Crippen molar-refractivity contribution in [3.63, 3.8) is 0 Å². The Morgan fingerprint density at radius 1 is 1.12 bits per heavy atom. The van der Waals surface area contributed by atoms with Gasteiger partial charge in [-0.15, -0.1) is 0 Å². The maximum Gasteiger partial charge on any atom is 0.424 e. The number of carbonyl (C=O) groups excluding carboxylic acids is 1. The number of methoxy groups -OCH3 is 1. The minimum atomic E-state index is -4.96. The zero-order valence-corrected chi connectivity index (χ0v) is 18.0. The van der Waals surface area contributed by atoms with Crippen molar-refractivity contribution in [3.8, 4) is 5.75 Å². The standard InChI is InChI=1S/C23H25F3N2O4/c1-15-4-9-20(32-15)22(30,23(24,25)26)10-11-27-21(29)28(2)14-16-5-6-18-13-19(31-3)8-7-17(18)12-16/h4-9,12-13,30H,10-11,14H2,1-3H3,(H,27,29)/t22-/m1/s1. The lowest BCUT2D eigenvalue weighted by Gasteiger charge is -2.29.